The molecule has 0 spiro atoms. The van der Waals surface area contributed by atoms with Gasteiger partial charge in [-0.15, -0.1) is 5.10 Å². The zero-order valence-corrected chi connectivity index (χ0v) is 14.1. The maximum Gasteiger partial charge on any atom is 0.329 e. The van der Waals surface area contributed by atoms with Crippen LogP contribution in [-0.2, 0) is 7.05 Å². The van der Waals surface area contributed by atoms with Gasteiger partial charge in [-0.3, -0.25) is 9.13 Å². The van der Waals surface area contributed by atoms with Gasteiger partial charge in [-0.05, 0) is 39.1 Å². The fraction of sp³-hybridized carbons (Fsp3) is 0.438. The van der Waals surface area contributed by atoms with Crippen LogP contribution in [0.4, 0.5) is 0 Å². The maximum atomic E-state index is 12.8. The lowest BCUT2D eigenvalue weighted by atomic mass is 10.1. The molecule has 1 aliphatic heterocycles. The number of rotatable bonds is 1. The van der Waals surface area contributed by atoms with Gasteiger partial charge in [0.1, 0.15) is 0 Å². The zero-order chi connectivity index (χ0) is 16.3. The van der Waals surface area contributed by atoms with Crippen LogP contribution in [0.3, 0.4) is 0 Å². The Balaban J connectivity index is 2.08. The standard InChI is InChI=1S/C16H18ClN5O/c1-9-11-6-13-14(7-12(11)15(17)19-18-9)22(16(23)21(13)3)10-4-5-20(2)8-10/h6-7,10H,4-5,8H2,1-3H3. The molecule has 23 heavy (non-hydrogen) atoms. The third-order valence-electron chi connectivity index (χ3n) is 4.86. The van der Waals surface area contributed by atoms with E-state index in [1.54, 1.807) is 4.57 Å². The van der Waals surface area contributed by atoms with Gasteiger partial charge >= 0.3 is 5.69 Å². The highest BCUT2D eigenvalue weighted by atomic mass is 35.5. The number of likely N-dealkylation sites (tertiary alicyclic amines) is 1. The van der Waals surface area contributed by atoms with Crippen LogP contribution in [0, 0.1) is 6.92 Å². The number of likely N-dealkylation sites (N-methyl/N-ethyl adjacent to an activating group) is 1. The predicted octanol–water partition coefficient (Wildman–Crippen LogP) is 2.12. The van der Waals surface area contributed by atoms with Crippen molar-refractivity contribution in [3.8, 4) is 0 Å². The first-order valence-electron chi connectivity index (χ1n) is 7.69. The van der Waals surface area contributed by atoms with Crippen LogP contribution in [0.1, 0.15) is 18.2 Å². The smallest absolute Gasteiger partial charge is 0.304 e. The monoisotopic (exact) mass is 331 g/mol. The Kier molecular flexibility index (Phi) is 3.21. The molecule has 1 fully saturated rings. The van der Waals surface area contributed by atoms with Crippen molar-refractivity contribution in [3.63, 3.8) is 0 Å². The average molecular weight is 332 g/mol. The molecule has 1 aromatic carbocycles. The minimum atomic E-state index is 0.0188. The van der Waals surface area contributed by atoms with Crippen molar-refractivity contribution in [2.24, 2.45) is 7.05 Å². The van der Waals surface area contributed by atoms with E-state index in [1.165, 1.54) is 0 Å². The summed E-state index contributed by atoms with van der Waals surface area (Å²) in [7, 11) is 3.90. The van der Waals surface area contributed by atoms with Gasteiger partial charge in [-0.2, -0.15) is 5.10 Å². The predicted molar refractivity (Wildman–Crippen MR) is 91.2 cm³/mol. The van der Waals surface area contributed by atoms with E-state index >= 15 is 0 Å². The summed E-state index contributed by atoms with van der Waals surface area (Å²) in [6.07, 6.45) is 0.981. The van der Waals surface area contributed by atoms with Crippen LogP contribution >= 0.6 is 11.6 Å². The molecule has 1 saturated heterocycles. The average Bonchev–Trinajstić information content (AvgIpc) is 3.05. The van der Waals surface area contributed by atoms with Gasteiger partial charge < -0.3 is 4.90 Å². The molecule has 0 saturated carbocycles. The Morgan fingerprint density at radius 2 is 1.91 bits per heavy atom. The number of imidazole rings is 1. The van der Waals surface area contributed by atoms with E-state index in [1.807, 2.05) is 30.7 Å². The Morgan fingerprint density at radius 3 is 2.61 bits per heavy atom. The molecular formula is C16H18ClN5O. The second-order valence-electron chi connectivity index (χ2n) is 6.38. The molecule has 0 aliphatic carbocycles. The molecule has 2 aromatic heterocycles. The third kappa shape index (κ3) is 2.09. The highest BCUT2D eigenvalue weighted by Crippen LogP contribution is 2.30. The van der Waals surface area contributed by atoms with Crippen molar-refractivity contribution in [2.45, 2.75) is 19.4 Å². The number of aryl methyl sites for hydroxylation is 2. The van der Waals surface area contributed by atoms with E-state index in [4.69, 9.17) is 11.6 Å². The van der Waals surface area contributed by atoms with E-state index in [0.717, 1.165) is 47.0 Å². The molecule has 120 valence electrons. The summed E-state index contributed by atoms with van der Waals surface area (Å²) in [6.45, 7) is 3.79. The number of nitrogens with zero attached hydrogens (tertiary/aromatic N) is 5. The molecule has 1 atom stereocenters. The highest BCUT2D eigenvalue weighted by molar-refractivity contribution is 6.34. The van der Waals surface area contributed by atoms with Crippen LogP contribution in [0.5, 0.6) is 0 Å². The van der Waals surface area contributed by atoms with Crippen LogP contribution in [0.2, 0.25) is 5.15 Å². The van der Waals surface area contributed by atoms with Crippen molar-refractivity contribution < 1.29 is 0 Å². The second kappa shape index (κ2) is 5.04. The minimum absolute atomic E-state index is 0.0188. The van der Waals surface area contributed by atoms with Crippen molar-refractivity contribution in [1.29, 1.82) is 0 Å². The summed E-state index contributed by atoms with van der Waals surface area (Å²) >= 11 is 6.24. The van der Waals surface area contributed by atoms with Crippen molar-refractivity contribution in [3.05, 3.63) is 33.5 Å². The number of benzene rings is 1. The molecule has 0 bridgehead atoms. The Hall–Kier alpha value is -1.92. The lowest BCUT2D eigenvalue weighted by Gasteiger charge is -2.13. The van der Waals surface area contributed by atoms with E-state index in [-0.39, 0.29) is 11.7 Å². The second-order valence-corrected chi connectivity index (χ2v) is 6.74. The zero-order valence-electron chi connectivity index (χ0n) is 13.4. The van der Waals surface area contributed by atoms with Gasteiger partial charge in [0.25, 0.3) is 0 Å². The van der Waals surface area contributed by atoms with Gasteiger partial charge in [0.15, 0.2) is 5.15 Å². The molecule has 7 heteroatoms. The number of aromatic nitrogens is 4. The molecule has 1 unspecified atom stereocenters. The third-order valence-corrected chi connectivity index (χ3v) is 5.14. The van der Waals surface area contributed by atoms with Gasteiger partial charge in [-0.1, -0.05) is 11.6 Å². The summed E-state index contributed by atoms with van der Waals surface area (Å²) in [4.78, 5) is 15.0. The van der Waals surface area contributed by atoms with Crippen LogP contribution in [0.15, 0.2) is 16.9 Å². The van der Waals surface area contributed by atoms with Crippen molar-refractivity contribution in [1.82, 2.24) is 24.2 Å². The Labute approximate surface area is 138 Å². The largest absolute Gasteiger partial charge is 0.329 e. The van der Waals surface area contributed by atoms with E-state index in [9.17, 15) is 4.79 Å². The van der Waals surface area contributed by atoms with Crippen molar-refractivity contribution >= 4 is 33.4 Å². The molecule has 3 aromatic rings. The van der Waals surface area contributed by atoms with Gasteiger partial charge in [0.05, 0.1) is 22.8 Å². The van der Waals surface area contributed by atoms with E-state index in [0.29, 0.717) is 5.15 Å². The quantitative estimate of drug-likeness (QED) is 0.685. The first-order chi connectivity index (χ1) is 11.0. The Morgan fingerprint density at radius 1 is 1.17 bits per heavy atom. The lowest BCUT2D eigenvalue weighted by molar-refractivity contribution is 0.391. The molecular weight excluding hydrogens is 314 g/mol. The number of halogens is 1. The van der Waals surface area contributed by atoms with Crippen LogP contribution in [-0.4, -0.2) is 44.4 Å². The fourth-order valence-electron chi connectivity index (χ4n) is 3.58. The maximum absolute atomic E-state index is 12.8. The molecule has 4 rings (SSSR count). The minimum Gasteiger partial charge on any atom is -0.304 e. The van der Waals surface area contributed by atoms with Gasteiger partial charge in [0.2, 0.25) is 0 Å². The SMILES string of the molecule is Cc1nnc(Cl)c2cc3c(cc12)n(C)c(=O)n3C1CCN(C)C1. The van der Waals surface area contributed by atoms with Crippen LogP contribution in [0.25, 0.3) is 21.8 Å². The summed E-state index contributed by atoms with van der Waals surface area (Å²) in [6, 6.07) is 4.18. The first kappa shape index (κ1) is 14.7. The summed E-state index contributed by atoms with van der Waals surface area (Å²) in [5.41, 5.74) is 2.65. The topological polar surface area (TPSA) is 56.0 Å². The first-order valence-corrected chi connectivity index (χ1v) is 8.07. The molecule has 3 heterocycles. The number of hydrogen-bond acceptors (Lipinski definition) is 4. The van der Waals surface area contributed by atoms with Gasteiger partial charge in [0, 0.05) is 24.4 Å². The number of fused-ring (bicyclic) bond motifs is 2. The number of hydrogen-bond donors (Lipinski definition) is 0. The molecule has 0 amide bonds. The van der Waals surface area contributed by atoms with Crippen LogP contribution < -0.4 is 5.69 Å². The summed E-state index contributed by atoms with van der Waals surface area (Å²) in [5.74, 6) is 0. The lowest BCUT2D eigenvalue weighted by Crippen LogP contribution is -2.27. The molecule has 6 nitrogen and oxygen atoms in total. The van der Waals surface area contributed by atoms with E-state index in [2.05, 4.69) is 22.1 Å². The van der Waals surface area contributed by atoms with Crippen molar-refractivity contribution in [2.75, 3.05) is 20.1 Å². The normalized spacial score (nSPS) is 19.2. The summed E-state index contributed by atoms with van der Waals surface area (Å²) in [5, 5.41) is 10.2. The molecule has 0 N–H and O–H groups in total. The summed E-state index contributed by atoms with van der Waals surface area (Å²) < 4.78 is 3.62. The van der Waals surface area contributed by atoms with Gasteiger partial charge in [-0.25, -0.2) is 4.79 Å². The fourth-order valence-corrected chi connectivity index (χ4v) is 3.77. The highest BCUT2D eigenvalue weighted by Gasteiger charge is 2.26. The molecule has 0 radical (unpaired) electrons. The molecule has 1 aliphatic rings. The van der Waals surface area contributed by atoms with E-state index < -0.39 is 0 Å². The Bertz CT molecular complexity index is 990.